The number of amides is 1. The van der Waals surface area contributed by atoms with Crippen LogP contribution in [0.3, 0.4) is 0 Å². The van der Waals surface area contributed by atoms with Crippen molar-refractivity contribution in [2.75, 3.05) is 0 Å². The molecular weight excluding hydrogens is 322 g/mol. The molecule has 0 fully saturated rings. The number of hydrogen-bond donors (Lipinski definition) is 2. The maximum absolute atomic E-state index is 11.3. The number of aromatic hydroxyl groups is 1. The lowest BCUT2D eigenvalue weighted by Gasteiger charge is -2.14. The van der Waals surface area contributed by atoms with Gasteiger partial charge < -0.3 is 10.8 Å². The molecule has 0 bridgehead atoms. The van der Waals surface area contributed by atoms with Crippen molar-refractivity contribution in [3.05, 3.63) is 77.4 Å². The second-order valence-electron chi connectivity index (χ2n) is 6.64. The number of benzene rings is 3. The Balaban J connectivity index is 2.10. The molecule has 26 heavy (non-hydrogen) atoms. The highest BCUT2D eigenvalue weighted by atomic mass is 16.3. The molecule has 0 aliphatic heterocycles. The zero-order chi connectivity index (χ0) is 18.7. The van der Waals surface area contributed by atoms with Gasteiger partial charge in [0.2, 0.25) is 5.91 Å². The third-order valence-corrected chi connectivity index (χ3v) is 4.80. The number of phenolic OH excluding ortho intramolecular Hbond substituents is 1. The van der Waals surface area contributed by atoms with Gasteiger partial charge >= 0.3 is 0 Å². The highest BCUT2D eigenvalue weighted by molar-refractivity contribution is 5.78. The van der Waals surface area contributed by atoms with E-state index in [-0.39, 0.29) is 11.7 Å². The van der Waals surface area contributed by atoms with Gasteiger partial charge in [0.05, 0.1) is 0 Å². The Labute approximate surface area is 154 Å². The lowest BCUT2D eigenvalue weighted by Crippen LogP contribution is -2.11. The predicted octanol–water partition coefficient (Wildman–Crippen LogP) is 4.76. The number of nitrogens with two attached hydrogens (primary N) is 1. The lowest BCUT2D eigenvalue weighted by atomic mass is 9.91. The smallest absolute Gasteiger partial charge is 0.217 e. The van der Waals surface area contributed by atoms with Crippen molar-refractivity contribution in [3.8, 4) is 28.0 Å². The summed E-state index contributed by atoms with van der Waals surface area (Å²) in [6, 6.07) is 20.2. The van der Waals surface area contributed by atoms with Gasteiger partial charge in [0.1, 0.15) is 5.75 Å². The molecule has 0 aromatic heterocycles. The minimum absolute atomic E-state index is 0.285. The molecule has 1 amide bonds. The van der Waals surface area contributed by atoms with Crippen molar-refractivity contribution in [1.29, 1.82) is 0 Å². The second kappa shape index (κ2) is 7.44. The molecule has 0 radical (unpaired) electrons. The van der Waals surface area contributed by atoms with E-state index in [2.05, 4.69) is 36.4 Å². The molecule has 132 valence electrons. The van der Waals surface area contributed by atoms with Crippen LogP contribution in [0.15, 0.2) is 60.7 Å². The molecule has 3 rings (SSSR count). The first-order chi connectivity index (χ1) is 12.5. The maximum atomic E-state index is 11.3. The molecule has 0 unspecified atom stereocenters. The summed E-state index contributed by atoms with van der Waals surface area (Å²) >= 11 is 0. The van der Waals surface area contributed by atoms with Crippen molar-refractivity contribution in [2.24, 2.45) is 5.73 Å². The van der Waals surface area contributed by atoms with E-state index in [9.17, 15) is 9.90 Å². The summed E-state index contributed by atoms with van der Waals surface area (Å²) in [5.41, 5.74) is 12.5. The topological polar surface area (TPSA) is 63.3 Å². The Bertz CT molecular complexity index is 923. The fourth-order valence-electron chi connectivity index (χ4n) is 3.15. The number of phenols is 1. The van der Waals surface area contributed by atoms with Gasteiger partial charge in [-0.1, -0.05) is 54.6 Å². The number of aryl methyl sites for hydroxylation is 2. The van der Waals surface area contributed by atoms with Gasteiger partial charge in [0.15, 0.2) is 0 Å². The number of primary amides is 1. The quantitative estimate of drug-likeness (QED) is 0.700. The zero-order valence-corrected chi connectivity index (χ0v) is 15.1. The van der Waals surface area contributed by atoms with Gasteiger partial charge in [-0.15, -0.1) is 0 Å². The molecule has 0 saturated heterocycles. The molecule has 0 aliphatic carbocycles. The Morgan fingerprint density at radius 1 is 0.923 bits per heavy atom. The van der Waals surface area contributed by atoms with E-state index in [4.69, 9.17) is 5.73 Å². The van der Waals surface area contributed by atoms with Crippen LogP contribution in [0.25, 0.3) is 22.3 Å². The average Bonchev–Trinajstić information content (AvgIpc) is 2.64. The summed E-state index contributed by atoms with van der Waals surface area (Å²) in [7, 11) is 0. The molecule has 3 aromatic carbocycles. The summed E-state index contributed by atoms with van der Waals surface area (Å²) in [5, 5.41) is 10.2. The fraction of sp³-hybridized carbons (Fsp3) is 0.174. The van der Waals surface area contributed by atoms with Gasteiger partial charge in [-0.2, -0.15) is 0 Å². The van der Waals surface area contributed by atoms with E-state index in [1.807, 2.05) is 32.0 Å². The van der Waals surface area contributed by atoms with Gasteiger partial charge in [-0.05, 0) is 65.3 Å². The van der Waals surface area contributed by atoms with Crippen LogP contribution < -0.4 is 5.73 Å². The third-order valence-electron chi connectivity index (χ3n) is 4.80. The fourth-order valence-corrected chi connectivity index (χ4v) is 3.15. The minimum Gasteiger partial charge on any atom is -0.508 e. The number of rotatable bonds is 5. The van der Waals surface area contributed by atoms with Crippen LogP contribution in [0.1, 0.15) is 23.1 Å². The first kappa shape index (κ1) is 17.7. The van der Waals surface area contributed by atoms with Crippen molar-refractivity contribution in [1.82, 2.24) is 0 Å². The van der Waals surface area contributed by atoms with Crippen LogP contribution in [-0.2, 0) is 11.2 Å². The standard InChI is InChI=1S/C23H23NO2/c1-15-12-20(14-22(25)16(15)2)21-10-8-18(17-6-4-3-5-7-17)13-19(21)9-11-23(24)26/h3-8,10,12-14,25H,9,11H2,1-2H3,(H2,24,26). The van der Waals surface area contributed by atoms with Crippen molar-refractivity contribution in [3.63, 3.8) is 0 Å². The largest absolute Gasteiger partial charge is 0.508 e. The number of hydrogen-bond acceptors (Lipinski definition) is 2. The Morgan fingerprint density at radius 3 is 2.31 bits per heavy atom. The summed E-state index contributed by atoms with van der Waals surface area (Å²) in [6.45, 7) is 3.89. The van der Waals surface area contributed by atoms with Crippen LogP contribution in [0, 0.1) is 13.8 Å². The molecule has 0 atom stereocenters. The van der Waals surface area contributed by atoms with Gasteiger partial charge in [-0.3, -0.25) is 4.79 Å². The van der Waals surface area contributed by atoms with Crippen molar-refractivity contribution >= 4 is 5.91 Å². The van der Waals surface area contributed by atoms with Gasteiger partial charge in [-0.25, -0.2) is 0 Å². The van der Waals surface area contributed by atoms with Gasteiger partial charge in [0, 0.05) is 6.42 Å². The molecule has 0 aliphatic rings. The molecule has 0 spiro atoms. The molecule has 3 aromatic rings. The van der Waals surface area contributed by atoms with E-state index in [0.29, 0.717) is 12.8 Å². The van der Waals surface area contributed by atoms with Crippen LogP contribution in [0.4, 0.5) is 0 Å². The summed E-state index contributed by atoms with van der Waals surface area (Å²) in [6.07, 6.45) is 0.862. The monoisotopic (exact) mass is 345 g/mol. The summed E-state index contributed by atoms with van der Waals surface area (Å²) < 4.78 is 0. The van der Waals surface area contributed by atoms with Crippen LogP contribution in [0.2, 0.25) is 0 Å². The van der Waals surface area contributed by atoms with Crippen LogP contribution >= 0.6 is 0 Å². The molecule has 0 saturated carbocycles. The highest BCUT2D eigenvalue weighted by Gasteiger charge is 2.12. The molecule has 3 N–H and O–H groups in total. The lowest BCUT2D eigenvalue weighted by molar-refractivity contribution is -0.117. The van der Waals surface area contributed by atoms with E-state index >= 15 is 0 Å². The SMILES string of the molecule is Cc1cc(-c2ccc(-c3ccccc3)cc2CCC(N)=O)cc(O)c1C. The first-order valence-electron chi connectivity index (χ1n) is 8.73. The molecule has 0 heterocycles. The number of carbonyl (C=O) groups excluding carboxylic acids is 1. The molecule has 3 nitrogen and oxygen atoms in total. The summed E-state index contributed by atoms with van der Waals surface area (Å²) in [4.78, 5) is 11.3. The zero-order valence-electron chi connectivity index (χ0n) is 15.1. The van der Waals surface area contributed by atoms with E-state index < -0.39 is 0 Å². The average molecular weight is 345 g/mol. The normalized spacial score (nSPS) is 10.7. The third kappa shape index (κ3) is 3.77. The van der Waals surface area contributed by atoms with E-state index in [1.54, 1.807) is 6.07 Å². The van der Waals surface area contributed by atoms with E-state index in [0.717, 1.165) is 38.9 Å². The predicted molar refractivity (Wildman–Crippen MR) is 106 cm³/mol. The minimum atomic E-state index is -0.316. The molecular formula is C23H23NO2. The second-order valence-corrected chi connectivity index (χ2v) is 6.64. The Hall–Kier alpha value is -3.07. The first-order valence-corrected chi connectivity index (χ1v) is 8.73. The van der Waals surface area contributed by atoms with Crippen molar-refractivity contribution in [2.45, 2.75) is 26.7 Å². The van der Waals surface area contributed by atoms with Gasteiger partial charge in [0.25, 0.3) is 0 Å². The van der Waals surface area contributed by atoms with Crippen LogP contribution in [-0.4, -0.2) is 11.0 Å². The summed E-state index contributed by atoms with van der Waals surface area (Å²) in [5.74, 6) is -0.0306. The van der Waals surface area contributed by atoms with Crippen LogP contribution in [0.5, 0.6) is 5.75 Å². The molecule has 3 heteroatoms. The van der Waals surface area contributed by atoms with Crippen molar-refractivity contribution < 1.29 is 9.90 Å². The number of carbonyl (C=O) groups is 1. The Kier molecular flexibility index (Phi) is 5.08. The van der Waals surface area contributed by atoms with E-state index in [1.165, 1.54) is 0 Å². The maximum Gasteiger partial charge on any atom is 0.217 e. The Morgan fingerprint density at radius 2 is 1.65 bits per heavy atom. The highest BCUT2D eigenvalue weighted by Crippen LogP contribution is 2.34.